The highest BCUT2D eigenvalue weighted by atomic mass is 32.2. The Morgan fingerprint density at radius 3 is 2.76 bits per heavy atom. The zero-order valence-electron chi connectivity index (χ0n) is 8.80. The van der Waals surface area contributed by atoms with Gasteiger partial charge in [0.05, 0.1) is 5.69 Å². The second-order valence-electron chi connectivity index (χ2n) is 4.18. The van der Waals surface area contributed by atoms with Crippen LogP contribution in [-0.4, -0.2) is 14.3 Å². The third-order valence-electron chi connectivity index (χ3n) is 2.86. The summed E-state index contributed by atoms with van der Waals surface area (Å²) in [5.41, 5.74) is 0.281. The Labute approximate surface area is 97.8 Å². The quantitative estimate of drug-likeness (QED) is 0.760. The summed E-state index contributed by atoms with van der Waals surface area (Å²) in [6.45, 7) is 0. The first-order valence-electron chi connectivity index (χ1n) is 5.18. The zero-order valence-corrected chi connectivity index (χ0v) is 9.61. The molecule has 3 rings (SSSR count). The van der Waals surface area contributed by atoms with Crippen LogP contribution >= 0.6 is 0 Å². The topological polar surface area (TPSA) is 75.8 Å². The molecule has 1 aliphatic heterocycles. The van der Waals surface area contributed by atoms with Crippen molar-refractivity contribution in [2.45, 2.75) is 17.7 Å². The fourth-order valence-corrected chi connectivity index (χ4v) is 3.12. The van der Waals surface area contributed by atoms with E-state index < -0.39 is 15.8 Å². The predicted octanol–water partition coefficient (Wildman–Crippen LogP) is 1.02. The SMILES string of the molecule is NN1C(C2CC2)=NS(=O)(=O)c2cc(F)ccc21. The van der Waals surface area contributed by atoms with Crippen molar-refractivity contribution in [3.05, 3.63) is 24.0 Å². The molecule has 0 spiro atoms. The lowest BCUT2D eigenvalue weighted by atomic mass is 10.2. The number of hydrogen-bond acceptors (Lipinski definition) is 4. The van der Waals surface area contributed by atoms with E-state index in [1.807, 2.05) is 0 Å². The highest BCUT2D eigenvalue weighted by Gasteiger charge is 2.38. The molecule has 90 valence electrons. The smallest absolute Gasteiger partial charge is 0.264 e. The van der Waals surface area contributed by atoms with E-state index in [1.165, 1.54) is 17.1 Å². The van der Waals surface area contributed by atoms with Gasteiger partial charge in [-0.2, -0.15) is 8.42 Å². The fourth-order valence-electron chi connectivity index (χ4n) is 1.85. The summed E-state index contributed by atoms with van der Waals surface area (Å²) in [6, 6.07) is 3.49. The van der Waals surface area contributed by atoms with E-state index in [4.69, 9.17) is 5.84 Å². The second-order valence-corrected chi connectivity index (χ2v) is 5.75. The standard InChI is InChI=1S/C10H10FN3O2S/c11-7-3-4-8-9(5-7)17(15,16)13-10(14(8)12)6-1-2-6/h3-6H,1-2,12H2. The van der Waals surface area contributed by atoms with Crippen LogP contribution in [0, 0.1) is 11.7 Å². The van der Waals surface area contributed by atoms with Gasteiger partial charge in [-0.05, 0) is 31.0 Å². The lowest BCUT2D eigenvalue weighted by Crippen LogP contribution is -2.42. The van der Waals surface area contributed by atoms with E-state index in [2.05, 4.69) is 4.40 Å². The summed E-state index contributed by atoms with van der Waals surface area (Å²) in [4.78, 5) is -0.176. The highest BCUT2D eigenvalue weighted by Crippen LogP contribution is 2.38. The molecule has 0 bridgehead atoms. The van der Waals surface area contributed by atoms with Crippen LogP contribution in [0.5, 0.6) is 0 Å². The monoisotopic (exact) mass is 255 g/mol. The van der Waals surface area contributed by atoms with Crippen molar-refractivity contribution in [3.63, 3.8) is 0 Å². The minimum Gasteiger partial charge on any atom is -0.264 e. The van der Waals surface area contributed by atoms with Crippen LogP contribution in [0.25, 0.3) is 0 Å². The molecule has 0 amide bonds. The van der Waals surface area contributed by atoms with Crippen molar-refractivity contribution in [2.24, 2.45) is 16.2 Å². The second kappa shape index (κ2) is 3.27. The van der Waals surface area contributed by atoms with E-state index in [0.717, 1.165) is 18.9 Å². The van der Waals surface area contributed by atoms with Gasteiger partial charge in [-0.1, -0.05) is 0 Å². The van der Waals surface area contributed by atoms with Crippen LogP contribution in [0.3, 0.4) is 0 Å². The van der Waals surface area contributed by atoms with Crippen LogP contribution in [0.1, 0.15) is 12.8 Å². The lowest BCUT2D eigenvalue weighted by molar-refractivity contribution is 0.590. The van der Waals surface area contributed by atoms with Crippen molar-refractivity contribution in [2.75, 3.05) is 5.01 Å². The predicted molar refractivity (Wildman–Crippen MR) is 60.4 cm³/mol. The Morgan fingerprint density at radius 1 is 1.41 bits per heavy atom. The number of nitrogens with zero attached hydrogens (tertiary/aromatic N) is 2. The maximum atomic E-state index is 13.1. The molecule has 1 aromatic rings. The summed E-state index contributed by atoms with van der Waals surface area (Å²) in [5, 5.41) is 1.24. The maximum absolute atomic E-state index is 13.1. The fraction of sp³-hybridized carbons (Fsp3) is 0.300. The van der Waals surface area contributed by atoms with Crippen LogP contribution in [0.2, 0.25) is 0 Å². The van der Waals surface area contributed by atoms with Gasteiger partial charge < -0.3 is 0 Å². The molecular weight excluding hydrogens is 245 g/mol. The molecule has 1 heterocycles. The number of nitrogens with two attached hydrogens (primary N) is 1. The average Bonchev–Trinajstić information content (AvgIpc) is 3.07. The molecule has 1 aromatic carbocycles. The van der Waals surface area contributed by atoms with Gasteiger partial charge in [-0.3, -0.25) is 5.01 Å². The van der Waals surface area contributed by atoms with Crippen molar-refractivity contribution in [3.8, 4) is 0 Å². The molecule has 0 aromatic heterocycles. The van der Waals surface area contributed by atoms with Gasteiger partial charge >= 0.3 is 0 Å². The number of sulfonamides is 1. The summed E-state index contributed by atoms with van der Waals surface area (Å²) >= 11 is 0. The Hall–Kier alpha value is -1.47. The van der Waals surface area contributed by atoms with Gasteiger partial charge in [0.2, 0.25) is 0 Å². The number of hydrazine groups is 1. The Bertz CT molecular complexity index is 622. The minimum absolute atomic E-state index is 0.105. The van der Waals surface area contributed by atoms with Crippen molar-refractivity contribution in [1.29, 1.82) is 0 Å². The molecule has 17 heavy (non-hydrogen) atoms. The molecule has 5 nitrogen and oxygen atoms in total. The molecule has 2 aliphatic rings. The Balaban J connectivity index is 2.22. The van der Waals surface area contributed by atoms with E-state index in [9.17, 15) is 12.8 Å². The first kappa shape index (κ1) is 10.7. The number of fused-ring (bicyclic) bond motifs is 1. The normalized spacial score (nSPS) is 22.0. The van der Waals surface area contributed by atoms with Crippen LogP contribution in [-0.2, 0) is 10.0 Å². The van der Waals surface area contributed by atoms with Crippen molar-refractivity contribution in [1.82, 2.24) is 0 Å². The molecule has 0 radical (unpaired) electrons. The highest BCUT2D eigenvalue weighted by molar-refractivity contribution is 7.90. The Kier molecular flexibility index (Phi) is 2.05. The van der Waals surface area contributed by atoms with Gasteiger partial charge in [0.15, 0.2) is 0 Å². The van der Waals surface area contributed by atoms with Crippen LogP contribution in [0.4, 0.5) is 10.1 Å². The van der Waals surface area contributed by atoms with E-state index in [1.54, 1.807) is 0 Å². The maximum Gasteiger partial charge on any atom is 0.286 e. The molecule has 0 unspecified atom stereocenters. The number of benzene rings is 1. The summed E-state index contributed by atoms with van der Waals surface area (Å²) in [5.74, 6) is 5.65. The minimum atomic E-state index is -3.83. The molecule has 1 saturated carbocycles. The van der Waals surface area contributed by atoms with Crippen LogP contribution in [0.15, 0.2) is 27.5 Å². The van der Waals surface area contributed by atoms with E-state index >= 15 is 0 Å². The number of anilines is 1. The molecule has 0 saturated heterocycles. The van der Waals surface area contributed by atoms with Gasteiger partial charge in [-0.15, -0.1) is 4.40 Å². The van der Waals surface area contributed by atoms with E-state index in [0.29, 0.717) is 5.84 Å². The molecule has 1 fully saturated rings. The summed E-state index contributed by atoms with van der Waals surface area (Å²) in [7, 11) is -3.83. The van der Waals surface area contributed by atoms with Gasteiger partial charge in [-0.25, -0.2) is 10.2 Å². The molecule has 1 aliphatic carbocycles. The average molecular weight is 255 g/mol. The van der Waals surface area contributed by atoms with E-state index in [-0.39, 0.29) is 16.5 Å². The number of rotatable bonds is 1. The molecule has 0 atom stereocenters. The lowest BCUT2D eigenvalue weighted by Gasteiger charge is -2.26. The van der Waals surface area contributed by atoms with Crippen molar-refractivity contribution < 1.29 is 12.8 Å². The van der Waals surface area contributed by atoms with Crippen molar-refractivity contribution >= 4 is 21.5 Å². The zero-order chi connectivity index (χ0) is 12.2. The first-order chi connectivity index (χ1) is 7.99. The molecular formula is C10H10FN3O2S. The van der Waals surface area contributed by atoms with Gasteiger partial charge in [0, 0.05) is 5.92 Å². The third kappa shape index (κ3) is 1.62. The number of hydrogen-bond donors (Lipinski definition) is 1. The van der Waals surface area contributed by atoms with Gasteiger partial charge in [0.1, 0.15) is 16.5 Å². The summed E-state index contributed by atoms with van der Waals surface area (Å²) in [6.07, 6.45) is 1.77. The van der Waals surface area contributed by atoms with Gasteiger partial charge in [0.25, 0.3) is 10.0 Å². The van der Waals surface area contributed by atoms with Crippen LogP contribution < -0.4 is 10.9 Å². The number of halogens is 1. The largest absolute Gasteiger partial charge is 0.286 e. The summed E-state index contributed by atoms with van der Waals surface area (Å²) < 4.78 is 40.5. The first-order valence-corrected chi connectivity index (χ1v) is 6.62. The Morgan fingerprint density at radius 2 is 2.12 bits per heavy atom. The molecule has 7 heteroatoms. The number of amidine groups is 1. The third-order valence-corrected chi connectivity index (χ3v) is 4.17. The molecule has 2 N–H and O–H groups in total.